The number of hydrogen-bond acceptors (Lipinski definition) is 3. The largest absolute Gasteiger partial charge is 0.396 e. The highest BCUT2D eigenvalue weighted by Crippen LogP contribution is 2.10. The molecule has 2 atom stereocenters. The summed E-state index contributed by atoms with van der Waals surface area (Å²) in [5.74, 6) is -0.0117. The van der Waals surface area contributed by atoms with E-state index < -0.39 is 0 Å². The highest BCUT2D eigenvalue weighted by atomic mass is 16.3. The smallest absolute Gasteiger partial charge is 0.319 e. The number of nitrogens with zero attached hydrogens (tertiary/aromatic N) is 1. The van der Waals surface area contributed by atoms with Crippen molar-refractivity contribution >= 4 is 11.7 Å². The van der Waals surface area contributed by atoms with Gasteiger partial charge >= 0.3 is 6.03 Å². The predicted molar refractivity (Wildman–Crippen MR) is 94.1 cm³/mol. The molecule has 0 aliphatic heterocycles. The summed E-state index contributed by atoms with van der Waals surface area (Å²) in [6.45, 7) is 4.22. The fourth-order valence-corrected chi connectivity index (χ4v) is 2.16. The molecule has 0 unspecified atom stereocenters. The number of aliphatic hydroxyl groups is 1. The molecular formula is C18H23N3O3. The van der Waals surface area contributed by atoms with Gasteiger partial charge in [-0.2, -0.15) is 0 Å². The van der Waals surface area contributed by atoms with E-state index >= 15 is 0 Å². The van der Waals surface area contributed by atoms with Crippen molar-refractivity contribution in [2.24, 2.45) is 5.92 Å². The number of carbonyl (C=O) groups is 1. The van der Waals surface area contributed by atoms with Crippen LogP contribution in [0, 0.1) is 5.92 Å². The van der Waals surface area contributed by atoms with Crippen molar-refractivity contribution in [2.75, 3.05) is 11.9 Å². The third-order valence-electron chi connectivity index (χ3n) is 3.96. The average molecular weight is 329 g/mol. The molecule has 6 nitrogen and oxygen atoms in total. The van der Waals surface area contributed by atoms with Crippen molar-refractivity contribution in [2.45, 2.75) is 26.4 Å². The van der Waals surface area contributed by atoms with Crippen molar-refractivity contribution in [3.8, 4) is 0 Å². The van der Waals surface area contributed by atoms with Gasteiger partial charge in [0, 0.05) is 30.6 Å². The first kappa shape index (κ1) is 17.7. The molecule has 6 heteroatoms. The molecule has 1 heterocycles. The molecular weight excluding hydrogens is 306 g/mol. The number of pyridine rings is 1. The van der Waals surface area contributed by atoms with Gasteiger partial charge in [0.05, 0.1) is 6.54 Å². The number of carbonyl (C=O) groups excluding carboxylic acids is 1. The van der Waals surface area contributed by atoms with Crippen LogP contribution in [0.5, 0.6) is 0 Å². The number of nitrogens with one attached hydrogen (secondary N) is 2. The van der Waals surface area contributed by atoms with Crippen LogP contribution in [-0.4, -0.2) is 28.4 Å². The quantitative estimate of drug-likeness (QED) is 0.758. The van der Waals surface area contributed by atoms with E-state index in [9.17, 15) is 9.59 Å². The van der Waals surface area contributed by atoms with Crippen LogP contribution in [0.15, 0.2) is 53.5 Å². The van der Waals surface area contributed by atoms with Crippen molar-refractivity contribution in [1.29, 1.82) is 0 Å². The van der Waals surface area contributed by atoms with Crippen molar-refractivity contribution in [3.05, 3.63) is 64.6 Å². The lowest BCUT2D eigenvalue weighted by Crippen LogP contribution is -2.40. The maximum absolute atomic E-state index is 11.9. The first-order valence-corrected chi connectivity index (χ1v) is 7.92. The lowest BCUT2D eigenvalue weighted by molar-refractivity contribution is 0.204. The fourth-order valence-electron chi connectivity index (χ4n) is 2.16. The van der Waals surface area contributed by atoms with Crippen LogP contribution in [-0.2, 0) is 6.54 Å². The second-order valence-corrected chi connectivity index (χ2v) is 5.91. The maximum atomic E-state index is 11.9. The normalized spacial score (nSPS) is 13.1. The summed E-state index contributed by atoms with van der Waals surface area (Å²) in [5.41, 5.74) is 1.59. The monoisotopic (exact) mass is 329 g/mol. The Morgan fingerprint density at radius 2 is 1.88 bits per heavy atom. The number of benzene rings is 1. The Hall–Kier alpha value is -2.60. The van der Waals surface area contributed by atoms with Crippen molar-refractivity contribution in [3.63, 3.8) is 0 Å². The number of amides is 2. The van der Waals surface area contributed by atoms with Crippen molar-refractivity contribution < 1.29 is 9.90 Å². The zero-order valence-electron chi connectivity index (χ0n) is 13.9. The summed E-state index contributed by atoms with van der Waals surface area (Å²) < 4.78 is 1.62. The van der Waals surface area contributed by atoms with Crippen molar-refractivity contribution in [1.82, 2.24) is 9.88 Å². The van der Waals surface area contributed by atoms with E-state index in [2.05, 4.69) is 10.6 Å². The van der Waals surface area contributed by atoms with E-state index in [1.807, 2.05) is 32.0 Å². The summed E-state index contributed by atoms with van der Waals surface area (Å²) >= 11 is 0. The Bertz CT molecular complexity index is 725. The molecule has 2 rings (SSSR count). The van der Waals surface area contributed by atoms with E-state index in [0.29, 0.717) is 12.2 Å². The molecule has 0 spiro atoms. The Morgan fingerprint density at radius 1 is 1.17 bits per heavy atom. The van der Waals surface area contributed by atoms with Gasteiger partial charge in [-0.05, 0) is 36.6 Å². The summed E-state index contributed by atoms with van der Waals surface area (Å²) in [6.07, 6.45) is 1.74. The molecule has 0 fully saturated rings. The Morgan fingerprint density at radius 3 is 2.50 bits per heavy atom. The van der Waals surface area contributed by atoms with Crippen LogP contribution in [0.4, 0.5) is 10.5 Å². The molecule has 3 N–H and O–H groups in total. The van der Waals surface area contributed by atoms with Gasteiger partial charge in [-0.25, -0.2) is 4.79 Å². The van der Waals surface area contributed by atoms with Crippen LogP contribution < -0.4 is 16.2 Å². The fraction of sp³-hybridized carbons (Fsp3) is 0.333. The predicted octanol–water partition coefficient (Wildman–Crippen LogP) is 2.04. The summed E-state index contributed by atoms with van der Waals surface area (Å²) in [4.78, 5) is 23.6. The van der Waals surface area contributed by atoms with Gasteiger partial charge in [-0.3, -0.25) is 4.79 Å². The van der Waals surface area contributed by atoms with Gasteiger partial charge < -0.3 is 20.3 Å². The van der Waals surface area contributed by atoms with E-state index in [0.717, 1.165) is 5.56 Å². The molecule has 24 heavy (non-hydrogen) atoms. The second-order valence-electron chi connectivity index (χ2n) is 5.91. The average Bonchev–Trinajstić information content (AvgIpc) is 2.57. The summed E-state index contributed by atoms with van der Waals surface area (Å²) in [7, 11) is 0. The first-order chi connectivity index (χ1) is 11.5. The van der Waals surface area contributed by atoms with Crippen LogP contribution in [0.25, 0.3) is 0 Å². The number of aliphatic hydroxyl groups excluding tert-OH is 1. The number of anilines is 1. The van der Waals surface area contributed by atoms with E-state index in [-0.39, 0.29) is 30.2 Å². The third-order valence-corrected chi connectivity index (χ3v) is 3.96. The molecule has 1 aromatic heterocycles. The van der Waals surface area contributed by atoms with Gasteiger partial charge in [-0.1, -0.05) is 25.1 Å². The number of rotatable bonds is 6. The lowest BCUT2D eigenvalue weighted by Gasteiger charge is -2.19. The Labute approximate surface area is 141 Å². The molecule has 1 aromatic carbocycles. The van der Waals surface area contributed by atoms with Crippen LogP contribution in [0.1, 0.15) is 19.4 Å². The third kappa shape index (κ3) is 4.96. The highest BCUT2D eigenvalue weighted by Gasteiger charge is 2.13. The highest BCUT2D eigenvalue weighted by molar-refractivity contribution is 5.89. The van der Waals surface area contributed by atoms with Gasteiger partial charge in [0.1, 0.15) is 0 Å². The second kappa shape index (κ2) is 8.31. The van der Waals surface area contributed by atoms with Crippen LogP contribution >= 0.6 is 0 Å². The van der Waals surface area contributed by atoms with E-state index in [4.69, 9.17) is 5.11 Å². The van der Waals surface area contributed by atoms with Gasteiger partial charge in [-0.15, -0.1) is 0 Å². The van der Waals surface area contributed by atoms with Crippen LogP contribution in [0.2, 0.25) is 0 Å². The van der Waals surface area contributed by atoms with E-state index in [1.165, 1.54) is 6.07 Å². The molecule has 0 radical (unpaired) electrons. The zero-order chi connectivity index (χ0) is 17.5. The molecule has 0 bridgehead atoms. The van der Waals surface area contributed by atoms with E-state index in [1.54, 1.807) is 29.0 Å². The number of aromatic nitrogens is 1. The van der Waals surface area contributed by atoms with Gasteiger partial charge in [0.15, 0.2) is 0 Å². The molecule has 0 saturated heterocycles. The minimum absolute atomic E-state index is 0.0117. The maximum Gasteiger partial charge on any atom is 0.319 e. The molecule has 0 saturated carbocycles. The van der Waals surface area contributed by atoms with Gasteiger partial charge in [0.2, 0.25) is 0 Å². The number of urea groups is 1. The van der Waals surface area contributed by atoms with Crippen LogP contribution in [0.3, 0.4) is 0 Å². The molecule has 128 valence electrons. The first-order valence-electron chi connectivity index (χ1n) is 7.92. The Kier molecular flexibility index (Phi) is 6.14. The SMILES string of the molecule is C[C@H](CO)[C@@H](C)NC(=O)Nc1ccc(Cn2ccccc2=O)cc1. The minimum atomic E-state index is -0.310. The summed E-state index contributed by atoms with van der Waals surface area (Å²) in [5, 5.41) is 14.6. The molecule has 0 aliphatic rings. The topological polar surface area (TPSA) is 83.4 Å². The summed E-state index contributed by atoms with van der Waals surface area (Å²) in [6, 6.07) is 11.9. The lowest BCUT2D eigenvalue weighted by atomic mass is 10.1. The zero-order valence-corrected chi connectivity index (χ0v) is 13.9. The standard InChI is InChI=1S/C18H23N3O3/c1-13(12-22)14(2)19-18(24)20-16-8-6-15(7-9-16)11-21-10-4-3-5-17(21)23/h3-10,13-14,22H,11-12H2,1-2H3,(H2,19,20,24)/t13-,14-/m1/s1. The minimum Gasteiger partial charge on any atom is -0.396 e. The molecule has 0 aliphatic carbocycles. The Balaban J connectivity index is 1.93. The van der Waals surface area contributed by atoms with Gasteiger partial charge in [0.25, 0.3) is 5.56 Å². The number of hydrogen-bond donors (Lipinski definition) is 3. The molecule has 2 aromatic rings. The molecule has 2 amide bonds.